The normalized spacial score (nSPS) is 12.7. The van der Waals surface area contributed by atoms with E-state index >= 15 is 0 Å². The molecule has 1 aromatic heterocycles. The summed E-state index contributed by atoms with van der Waals surface area (Å²) in [6.07, 6.45) is 0. The van der Waals surface area contributed by atoms with Crippen LogP contribution in [0.2, 0.25) is 0 Å². The number of benzene rings is 1. The van der Waals surface area contributed by atoms with Crippen molar-refractivity contribution < 1.29 is 4.42 Å². The summed E-state index contributed by atoms with van der Waals surface area (Å²) in [6, 6.07) is 9.37. The molecule has 1 atom stereocenters. The second-order valence-electron chi connectivity index (χ2n) is 4.06. The third kappa shape index (κ3) is 1.95. The van der Waals surface area contributed by atoms with E-state index in [1.807, 2.05) is 44.2 Å². The van der Waals surface area contributed by atoms with Crippen molar-refractivity contribution in [1.82, 2.24) is 0 Å². The van der Waals surface area contributed by atoms with Crippen LogP contribution in [-0.4, -0.2) is 0 Å². The van der Waals surface area contributed by atoms with Crippen LogP contribution in [0.25, 0.3) is 0 Å². The number of rotatable bonds is 2. The smallest absolute Gasteiger partial charge is 0.125 e. The van der Waals surface area contributed by atoms with Gasteiger partial charge in [0.05, 0.1) is 6.04 Å². The molecule has 3 heteroatoms. The molecule has 0 saturated heterocycles. The Bertz CT molecular complexity index is 502. The maximum absolute atomic E-state index is 6.11. The fraction of sp³-hybridized carbons (Fsp3) is 0.231. The fourth-order valence-electron chi connectivity index (χ4n) is 1.75. The third-order valence-electron chi connectivity index (χ3n) is 2.65. The van der Waals surface area contributed by atoms with Gasteiger partial charge in [0.1, 0.15) is 11.5 Å². The summed E-state index contributed by atoms with van der Waals surface area (Å²) in [5.74, 6) is 1.60. The van der Waals surface area contributed by atoms with Gasteiger partial charge >= 0.3 is 0 Å². The highest BCUT2D eigenvalue weighted by Crippen LogP contribution is 2.26. The molecule has 16 heavy (non-hydrogen) atoms. The van der Waals surface area contributed by atoms with Crippen LogP contribution in [-0.2, 0) is 0 Å². The monoisotopic (exact) mass is 216 g/mol. The van der Waals surface area contributed by atoms with Crippen LogP contribution in [0.5, 0.6) is 0 Å². The molecule has 2 rings (SSSR count). The van der Waals surface area contributed by atoms with Crippen LogP contribution >= 0.6 is 0 Å². The predicted molar refractivity (Wildman–Crippen MR) is 65.1 cm³/mol. The molecule has 0 spiro atoms. The molecular formula is C13H16N2O. The van der Waals surface area contributed by atoms with Gasteiger partial charge in [-0.15, -0.1) is 0 Å². The van der Waals surface area contributed by atoms with E-state index in [4.69, 9.17) is 15.9 Å². The summed E-state index contributed by atoms with van der Waals surface area (Å²) >= 11 is 0. The van der Waals surface area contributed by atoms with Crippen LogP contribution in [0.3, 0.4) is 0 Å². The molecule has 0 aliphatic carbocycles. The average Bonchev–Trinajstić information content (AvgIpc) is 2.64. The molecule has 0 bridgehead atoms. The molecule has 0 aliphatic heterocycles. The minimum absolute atomic E-state index is 0.297. The van der Waals surface area contributed by atoms with Gasteiger partial charge in [0, 0.05) is 5.69 Å². The zero-order valence-corrected chi connectivity index (χ0v) is 9.53. The third-order valence-corrected chi connectivity index (χ3v) is 2.65. The molecule has 4 N–H and O–H groups in total. The van der Waals surface area contributed by atoms with Crippen molar-refractivity contribution in [3.63, 3.8) is 0 Å². The first-order valence-corrected chi connectivity index (χ1v) is 5.26. The van der Waals surface area contributed by atoms with Crippen molar-refractivity contribution >= 4 is 5.69 Å². The number of nitrogen functional groups attached to an aromatic ring is 1. The van der Waals surface area contributed by atoms with Crippen molar-refractivity contribution in [3.05, 3.63) is 53.0 Å². The maximum Gasteiger partial charge on any atom is 0.125 e. The predicted octanol–water partition coefficient (Wildman–Crippen LogP) is 2.53. The Kier molecular flexibility index (Phi) is 2.71. The lowest BCUT2D eigenvalue weighted by Gasteiger charge is -2.12. The van der Waals surface area contributed by atoms with E-state index in [0.29, 0.717) is 5.69 Å². The Hall–Kier alpha value is -1.74. The summed E-state index contributed by atoms with van der Waals surface area (Å²) < 4.78 is 5.50. The first-order valence-electron chi connectivity index (χ1n) is 5.26. The van der Waals surface area contributed by atoms with Crippen LogP contribution in [0.4, 0.5) is 5.69 Å². The summed E-state index contributed by atoms with van der Waals surface area (Å²) in [4.78, 5) is 0. The number of hydrogen-bond acceptors (Lipinski definition) is 3. The van der Waals surface area contributed by atoms with Gasteiger partial charge in [-0.05, 0) is 43.2 Å². The quantitative estimate of drug-likeness (QED) is 0.758. The van der Waals surface area contributed by atoms with Crippen LogP contribution < -0.4 is 11.5 Å². The van der Waals surface area contributed by atoms with E-state index in [2.05, 4.69) is 0 Å². The lowest BCUT2D eigenvalue weighted by molar-refractivity contribution is 0.466. The zero-order valence-electron chi connectivity index (χ0n) is 9.53. The van der Waals surface area contributed by atoms with Crippen molar-refractivity contribution in [3.8, 4) is 0 Å². The topological polar surface area (TPSA) is 65.2 Å². The van der Waals surface area contributed by atoms with E-state index in [-0.39, 0.29) is 6.04 Å². The van der Waals surface area contributed by atoms with Gasteiger partial charge in [-0.1, -0.05) is 12.1 Å². The highest BCUT2D eigenvalue weighted by Gasteiger charge is 2.14. The molecule has 1 unspecified atom stereocenters. The van der Waals surface area contributed by atoms with Crippen molar-refractivity contribution in [2.24, 2.45) is 5.73 Å². The standard InChI is InChI=1S/C13H16N2O/c1-8-3-5-10(11(14)7-8)13(15)12-6-4-9(2)16-12/h3-7,13H,14-15H2,1-2H3. The van der Waals surface area contributed by atoms with Gasteiger partial charge in [-0.2, -0.15) is 0 Å². The number of aryl methyl sites for hydroxylation is 2. The molecule has 0 amide bonds. The van der Waals surface area contributed by atoms with Gasteiger partial charge < -0.3 is 15.9 Å². The van der Waals surface area contributed by atoms with Gasteiger partial charge in [0.25, 0.3) is 0 Å². The van der Waals surface area contributed by atoms with Crippen molar-refractivity contribution in [2.75, 3.05) is 5.73 Å². The molecule has 84 valence electrons. The van der Waals surface area contributed by atoms with Crippen molar-refractivity contribution in [1.29, 1.82) is 0 Å². The molecule has 0 radical (unpaired) electrons. The fourth-order valence-corrected chi connectivity index (χ4v) is 1.75. The molecule has 0 aliphatic rings. The lowest BCUT2D eigenvalue weighted by atomic mass is 10.0. The van der Waals surface area contributed by atoms with Crippen LogP contribution in [0.1, 0.15) is 28.7 Å². The Balaban J connectivity index is 2.37. The lowest BCUT2D eigenvalue weighted by Crippen LogP contribution is -2.13. The van der Waals surface area contributed by atoms with E-state index < -0.39 is 0 Å². The Labute approximate surface area is 95.1 Å². The van der Waals surface area contributed by atoms with E-state index in [1.54, 1.807) is 0 Å². The summed E-state index contributed by atoms with van der Waals surface area (Å²) in [5, 5.41) is 0. The van der Waals surface area contributed by atoms with E-state index in [0.717, 1.165) is 22.6 Å². The summed E-state index contributed by atoms with van der Waals surface area (Å²) in [6.45, 7) is 3.90. The second kappa shape index (κ2) is 4.02. The highest BCUT2D eigenvalue weighted by molar-refractivity contribution is 5.52. The molecular weight excluding hydrogens is 200 g/mol. The Morgan fingerprint density at radius 1 is 1.12 bits per heavy atom. The van der Waals surface area contributed by atoms with Crippen LogP contribution in [0.15, 0.2) is 34.7 Å². The van der Waals surface area contributed by atoms with Gasteiger partial charge in [-0.3, -0.25) is 0 Å². The summed E-state index contributed by atoms with van der Waals surface area (Å²) in [7, 11) is 0. The minimum Gasteiger partial charge on any atom is -0.464 e. The first kappa shape index (κ1) is 10.8. The van der Waals surface area contributed by atoms with Gasteiger partial charge in [0.2, 0.25) is 0 Å². The largest absolute Gasteiger partial charge is 0.464 e. The maximum atomic E-state index is 6.11. The minimum atomic E-state index is -0.297. The Morgan fingerprint density at radius 2 is 1.88 bits per heavy atom. The number of anilines is 1. The molecule has 2 aromatic rings. The van der Waals surface area contributed by atoms with E-state index in [1.165, 1.54) is 0 Å². The second-order valence-corrected chi connectivity index (χ2v) is 4.06. The van der Waals surface area contributed by atoms with Gasteiger partial charge in [0.15, 0.2) is 0 Å². The number of hydrogen-bond donors (Lipinski definition) is 2. The highest BCUT2D eigenvalue weighted by atomic mass is 16.3. The average molecular weight is 216 g/mol. The summed E-state index contributed by atoms with van der Waals surface area (Å²) in [5.41, 5.74) is 14.8. The Morgan fingerprint density at radius 3 is 2.44 bits per heavy atom. The molecule has 1 aromatic carbocycles. The molecule has 1 heterocycles. The van der Waals surface area contributed by atoms with Crippen molar-refractivity contribution in [2.45, 2.75) is 19.9 Å². The number of furan rings is 1. The zero-order chi connectivity index (χ0) is 11.7. The molecule has 3 nitrogen and oxygen atoms in total. The molecule has 0 saturated carbocycles. The molecule has 0 fully saturated rings. The van der Waals surface area contributed by atoms with E-state index in [9.17, 15) is 0 Å². The van der Waals surface area contributed by atoms with Gasteiger partial charge in [-0.25, -0.2) is 0 Å². The number of nitrogens with two attached hydrogens (primary N) is 2. The van der Waals surface area contributed by atoms with Crippen LogP contribution in [0, 0.1) is 13.8 Å². The SMILES string of the molecule is Cc1ccc(C(N)c2ccc(C)o2)c(N)c1. The first-order chi connectivity index (χ1) is 7.58.